The van der Waals surface area contributed by atoms with Gasteiger partial charge in [0.25, 0.3) is 0 Å². The third-order valence-electron chi connectivity index (χ3n) is 2.83. The third kappa shape index (κ3) is 4.52. The van der Waals surface area contributed by atoms with Crippen LogP contribution < -0.4 is 0 Å². The summed E-state index contributed by atoms with van der Waals surface area (Å²) in [5, 5.41) is 0.781. The summed E-state index contributed by atoms with van der Waals surface area (Å²) in [6, 6.07) is 18.3. The Hall–Kier alpha value is -1.31. The number of benzene rings is 2. The molecule has 0 aliphatic heterocycles. The molecule has 2 heteroatoms. The third-order valence-corrected chi connectivity index (χ3v) is 3.08. The van der Waals surface area contributed by atoms with Gasteiger partial charge in [-0.15, -0.1) is 0 Å². The average molecular weight is 261 g/mol. The van der Waals surface area contributed by atoms with Crippen molar-refractivity contribution in [3.8, 4) is 0 Å². The molecule has 0 spiro atoms. The first-order valence-corrected chi connectivity index (χ1v) is 6.58. The van der Waals surface area contributed by atoms with Crippen LogP contribution in [0, 0.1) is 0 Å². The molecular formula is C16H17ClO. The Labute approximate surface area is 113 Å². The standard InChI is InChI=1S/C16H17ClO/c17-16-8-6-15(7-9-16)11-13-18-12-10-14-4-2-1-3-5-14/h1-9H,10-13H2. The average Bonchev–Trinajstić information content (AvgIpc) is 2.42. The summed E-state index contributed by atoms with van der Waals surface area (Å²) >= 11 is 5.83. The van der Waals surface area contributed by atoms with Gasteiger partial charge in [0.2, 0.25) is 0 Å². The minimum Gasteiger partial charge on any atom is -0.381 e. The summed E-state index contributed by atoms with van der Waals surface area (Å²) in [7, 11) is 0. The zero-order valence-corrected chi connectivity index (χ0v) is 11.1. The molecule has 0 unspecified atom stereocenters. The molecule has 0 radical (unpaired) electrons. The van der Waals surface area contributed by atoms with Gasteiger partial charge in [0.05, 0.1) is 13.2 Å². The van der Waals surface area contributed by atoms with Gasteiger partial charge < -0.3 is 4.74 Å². The summed E-state index contributed by atoms with van der Waals surface area (Å²) < 4.78 is 5.64. The highest BCUT2D eigenvalue weighted by molar-refractivity contribution is 6.30. The van der Waals surface area contributed by atoms with E-state index in [-0.39, 0.29) is 0 Å². The van der Waals surface area contributed by atoms with Gasteiger partial charge in [0.1, 0.15) is 0 Å². The van der Waals surface area contributed by atoms with Crippen molar-refractivity contribution >= 4 is 11.6 Å². The molecule has 2 aromatic rings. The molecule has 0 aliphatic rings. The molecule has 2 aromatic carbocycles. The lowest BCUT2D eigenvalue weighted by Gasteiger charge is -2.05. The summed E-state index contributed by atoms with van der Waals surface area (Å²) in [4.78, 5) is 0. The van der Waals surface area contributed by atoms with Crippen LogP contribution in [0.1, 0.15) is 11.1 Å². The van der Waals surface area contributed by atoms with Crippen LogP contribution in [-0.2, 0) is 17.6 Å². The lowest BCUT2D eigenvalue weighted by molar-refractivity contribution is 0.140. The summed E-state index contributed by atoms with van der Waals surface area (Å²) in [5.41, 5.74) is 2.59. The molecule has 0 amide bonds. The number of rotatable bonds is 6. The van der Waals surface area contributed by atoms with E-state index >= 15 is 0 Å². The van der Waals surface area contributed by atoms with Crippen molar-refractivity contribution in [1.82, 2.24) is 0 Å². The van der Waals surface area contributed by atoms with Gasteiger partial charge in [-0.3, -0.25) is 0 Å². The maximum atomic E-state index is 5.83. The Bertz CT molecular complexity index is 450. The van der Waals surface area contributed by atoms with E-state index in [9.17, 15) is 0 Å². The fourth-order valence-corrected chi connectivity index (χ4v) is 1.90. The molecule has 18 heavy (non-hydrogen) atoms. The van der Waals surface area contributed by atoms with Crippen LogP contribution in [0.25, 0.3) is 0 Å². The quantitative estimate of drug-likeness (QED) is 0.710. The van der Waals surface area contributed by atoms with Crippen LogP contribution in [0.15, 0.2) is 54.6 Å². The van der Waals surface area contributed by atoms with Gasteiger partial charge in [0.15, 0.2) is 0 Å². The summed E-state index contributed by atoms with van der Waals surface area (Å²) in [5.74, 6) is 0. The van der Waals surface area contributed by atoms with Crippen LogP contribution in [0.3, 0.4) is 0 Å². The molecule has 0 heterocycles. The van der Waals surface area contributed by atoms with E-state index < -0.39 is 0 Å². The molecule has 2 rings (SSSR count). The minimum atomic E-state index is 0.758. The molecule has 0 N–H and O–H groups in total. The number of hydrogen-bond donors (Lipinski definition) is 0. The SMILES string of the molecule is Clc1ccc(CCOCCc2ccccc2)cc1. The molecule has 1 nitrogen and oxygen atoms in total. The van der Waals surface area contributed by atoms with E-state index in [1.165, 1.54) is 11.1 Å². The zero-order chi connectivity index (χ0) is 12.6. The normalized spacial score (nSPS) is 10.5. The van der Waals surface area contributed by atoms with Gasteiger partial charge in [0, 0.05) is 5.02 Å². The van der Waals surface area contributed by atoms with Crippen molar-refractivity contribution < 1.29 is 4.74 Å². The largest absolute Gasteiger partial charge is 0.381 e. The molecular weight excluding hydrogens is 244 g/mol. The Kier molecular flexibility index (Phi) is 5.25. The van der Waals surface area contributed by atoms with Gasteiger partial charge >= 0.3 is 0 Å². The van der Waals surface area contributed by atoms with Crippen LogP contribution in [0.4, 0.5) is 0 Å². The first-order chi connectivity index (χ1) is 8.84. The van der Waals surface area contributed by atoms with Crippen molar-refractivity contribution in [3.05, 3.63) is 70.7 Å². The van der Waals surface area contributed by atoms with Gasteiger partial charge in [-0.05, 0) is 36.1 Å². The van der Waals surface area contributed by atoms with Gasteiger partial charge in [-0.1, -0.05) is 54.1 Å². The highest BCUT2D eigenvalue weighted by Gasteiger charge is 1.95. The summed E-state index contributed by atoms with van der Waals surface area (Å²) in [6.07, 6.45) is 1.91. The second-order valence-corrected chi connectivity index (χ2v) is 4.66. The second-order valence-electron chi connectivity index (χ2n) is 4.22. The number of ether oxygens (including phenoxy) is 1. The van der Waals surface area contributed by atoms with Crippen LogP contribution in [0.5, 0.6) is 0 Å². The first-order valence-electron chi connectivity index (χ1n) is 6.21. The fraction of sp³-hybridized carbons (Fsp3) is 0.250. The van der Waals surface area contributed by atoms with Crippen molar-refractivity contribution in [2.24, 2.45) is 0 Å². The predicted molar refractivity (Wildman–Crippen MR) is 76.1 cm³/mol. The number of hydrogen-bond acceptors (Lipinski definition) is 1. The highest BCUT2D eigenvalue weighted by atomic mass is 35.5. The van der Waals surface area contributed by atoms with E-state index in [0.29, 0.717) is 0 Å². The minimum absolute atomic E-state index is 0.758. The molecule has 94 valence electrons. The van der Waals surface area contributed by atoms with Crippen LogP contribution in [-0.4, -0.2) is 13.2 Å². The van der Waals surface area contributed by atoms with Crippen molar-refractivity contribution in [3.63, 3.8) is 0 Å². The molecule has 0 aromatic heterocycles. The van der Waals surface area contributed by atoms with Crippen LogP contribution in [0.2, 0.25) is 5.02 Å². The molecule has 0 fully saturated rings. The Morgan fingerprint density at radius 3 is 1.89 bits per heavy atom. The Balaban J connectivity index is 1.63. The zero-order valence-electron chi connectivity index (χ0n) is 10.3. The first kappa shape index (κ1) is 13.1. The highest BCUT2D eigenvalue weighted by Crippen LogP contribution is 2.10. The fourth-order valence-electron chi connectivity index (χ4n) is 1.78. The van der Waals surface area contributed by atoms with E-state index in [4.69, 9.17) is 16.3 Å². The van der Waals surface area contributed by atoms with E-state index in [2.05, 4.69) is 24.3 Å². The van der Waals surface area contributed by atoms with Crippen molar-refractivity contribution in [1.29, 1.82) is 0 Å². The maximum Gasteiger partial charge on any atom is 0.0506 e. The maximum absolute atomic E-state index is 5.83. The van der Waals surface area contributed by atoms with E-state index in [0.717, 1.165) is 31.1 Å². The second kappa shape index (κ2) is 7.20. The predicted octanol–water partition coefficient (Wildman–Crippen LogP) is 4.14. The molecule has 0 bridgehead atoms. The topological polar surface area (TPSA) is 9.23 Å². The Morgan fingerprint density at radius 2 is 1.28 bits per heavy atom. The Morgan fingerprint density at radius 1 is 0.722 bits per heavy atom. The van der Waals surface area contributed by atoms with Gasteiger partial charge in [-0.25, -0.2) is 0 Å². The lowest BCUT2D eigenvalue weighted by atomic mass is 10.1. The summed E-state index contributed by atoms with van der Waals surface area (Å²) in [6.45, 7) is 1.53. The smallest absolute Gasteiger partial charge is 0.0506 e. The van der Waals surface area contributed by atoms with Crippen LogP contribution >= 0.6 is 11.6 Å². The molecule has 0 saturated carbocycles. The van der Waals surface area contributed by atoms with Gasteiger partial charge in [-0.2, -0.15) is 0 Å². The van der Waals surface area contributed by atoms with E-state index in [1.807, 2.05) is 30.3 Å². The van der Waals surface area contributed by atoms with E-state index in [1.54, 1.807) is 0 Å². The molecule has 0 aliphatic carbocycles. The number of halogens is 1. The monoisotopic (exact) mass is 260 g/mol. The molecule has 0 saturated heterocycles. The van der Waals surface area contributed by atoms with Crippen molar-refractivity contribution in [2.45, 2.75) is 12.8 Å². The molecule has 0 atom stereocenters. The van der Waals surface area contributed by atoms with Crippen molar-refractivity contribution in [2.75, 3.05) is 13.2 Å². The lowest BCUT2D eigenvalue weighted by Crippen LogP contribution is -2.02.